The van der Waals surface area contributed by atoms with Gasteiger partial charge in [0, 0.05) is 6.20 Å². The zero-order chi connectivity index (χ0) is 12.6. The van der Waals surface area contributed by atoms with Gasteiger partial charge in [-0.2, -0.15) is 4.98 Å². The summed E-state index contributed by atoms with van der Waals surface area (Å²) in [7, 11) is 0. The summed E-state index contributed by atoms with van der Waals surface area (Å²) in [6.07, 6.45) is 1.69. The smallest absolute Gasteiger partial charge is 0.268 e. The zero-order valence-electron chi connectivity index (χ0n) is 9.28. The van der Waals surface area contributed by atoms with Crippen LogP contribution in [0.15, 0.2) is 17.1 Å². The Kier molecular flexibility index (Phi) is 3.14. The van der Waals surface area contributed by atoms with E-state index in [4.69, 9.17) is 0 Å². The SMILES string of the molecule is Cc1cnc(-c2nc(O)c(I)c(=O)[nH]2)c(C)c1. The molecule has 0 unspecified atom stereocenters. The largest absolute Gasteiger partial charge is 0.492 e. The maximum absolute atomic E-state index is 11.5. The van der Waals surface area contributed by atoms with Gasteiger partial charge in [0.1, 0.15) is 9.26 Å². The van der Waals surface area contributed by atoms with E-state index in [0.29, 0.717) is 5.69 Å². The van der Waals surface area contributed by atoms with Gasteiger partial charge in [0.2, 0.25) is 5.88 Å². The van der Waals surface area contributed by atoms with Crippen molar-refractivity contribution in [2.75, 3.05) is 0 Å². The second kappa shape index (κ2) is 4.44. The molecule has 0 spiro atoms. The summed E-state index contributed by atoms with van der Waals surface area (Å²) in [5, 5.41) is 9.52. The molecule has 0 fully saturated rings. The van der Waals surface area contributed by atoms with Gasteiger partial charge in [-0.15, -0.1) is 0 Å². The third-order valence-corrected chi connectivity index (χ3v) is 3.26. The van der Waals surface area contributed by atoms with Crippen LogP contribution in [-0.4, -0.2) is 20.1 Å². The van der Waals surface area contributed by atoms with Gasteiger partial charge >= 0.3 is 0 Å². The number of aromatic hydroxyl groups is 1. The molecule has 88 valence electrons. The van der Waals surface area contributed by atoms with Crippen molar-refractivity contribution in [3.05, 3.63) is 37.3 Å². The van der Waals surface area contributed by atoms with E-state index in [9.17, 15) is 9.90 Å². The highest BCUT2D eigenvalue weighted by Crippen LogP contribution is 2.20. The number of halogens is 1. The fourth-order valence-electron chi connectivity index (χ4n) is 1.52. The van der Waals surface area contributed by atoms with Crippen LogP contribution in [0.4, 0.5) is 0 Å². The number of nitrogens with zero attached hydrogens (tertiary/aromatic N) is 2. The Bertz CT molecular complexity index is 637. The van der Waals surface area contributed by atoms with Gasteiger partial charge in [0.05, 0.1) is 0 Å². The summed E-state index contributed by atoms with van der Waals surface area (Å²) >= 11 is 1.74. The predicted molar refractivity (Wildman–Crippen MR) is 71.9 cm³/mol. The van der Waals surface area contributed by atoms with Crippen molar-refractivity contribution in [1.82, 2.24) is 15.0 Å². The van der Waals surface area contributed by atoms with Crippen LogP contribution in [0.1, 0.15) is 11.1 Å². The summed E-state index contributed by atoms with van der Waals surface area (Å²) < 4.78 is 0.177. The number of hydrogen-bond donors (Lipinski definition) is 2. The van der Waals surface area contributed by atoms with Crippen LogP contribution in [0.2, 0.25) is 0 Å². The van der Waals surface area contributed by atoms with Crippen molar-refractivity contribution >= 4 is 22.6 Å². The predicted octanol–water partition coefficient (Wildman–Crippen LogP) is 1.76. The molecule has 2 N–H and O–H groups in total. The van der Waals surface area contributed by atoms with Crippen LogP contribution < -0.4 is 5.56 Å². The van der Waals surface area contributed by atoms with Crippen molar-refractivity contribution in [3.63, 3.8) is 0 Å². The second-order valence-electron chi connectivity index (χ2n) is 3.73. The molecule has 2 aromatic rings. The van der Waals surface area contributed by atoms with E-state index in [1.807, 2.05) is 19.9 Å². The Morgan fingerprint density at radius 2 is 2.12 bits per heavy atom. The van der Waals surface area contributed by atoms with E-state index in [2.05, 4.69) is 15.0 Å². The average Bonchev–Trinajstić information content (AvgIpc) is 2.25. The molecule has 0 saturated heterocycles. The first-order valence-electron chi connectivity index (χ1n) is 4.91. The molecule has 5 nitrogen and oxygen atoms in total. The average molecular weight is 343 g/mol. The van der Waals surface area contributed by atoms with E-state index in [1.54, 1.807) is 28.8 Å². The molecule has 0 aliphatic heterocycles. The Labute approximate surface area is 111 Å². The van der Waals surface area contributed by atoms with E-state index in [0.717, 1.165) is 11.1 Å². The van der Waals surface area contributed by atoms with Crippen LogP contribution in [0.3, 0.4) is 0 Å². The monoisotopic (exact) mass is 343 g/mol. The highest BCUT2D eigenvalue weighted by molar-refractivity contribution is 14.1. The van der Waals surface area contributed by atoms with E-state index < -0.39 is 0 Å². The second-order valence-corrected chi connectivity index (χ2v) is 4.81. The first-order chi connectivity index (χ1) is 7.99. The van der Waals surface area contributed by atoms with Gasteiger partial charge in [-0.05, 0) is 47.6 Å². The first-order valence-corrected chi connectivity index (χ1v) is 5.99. The number of H-pyrrole nitrogens is 1. The fourth-order valence-corrected chi connectivity index (χ4v) is 1.78. The van der Waals surface area contributed by atoms with Gasteiger partial charge in [-0.25, -0.2) is 0 Å². The minimum atomic E-state index is -0.366. The van der Waals surface area contributed by atoms with Crippen LogP contribution in [0, 0.1) is 17.4 Å². The maximum Gasteiger partial charge on any atom is 0.268 e. The molecule has 0 aromatic carbocycles. The van der Waals surface area contributed by atoms with Crippen molar-refractivity contribution in [2.45, 2.75) is 13.8 Å². The molecular weight excluding hydrogens is 333 g/mol. The van der Waals surface area contributed by atoms with Gasteiger partial charge in [-0.1, -0.05) is 6.07 Å². The van der Waals surface area contributed by atoms with E-state index >= 15 is 0 Å². The summed E-state index contributed by atoms with van der Waals surface area (Å²) in [5.41, 5.74) is 2.13. The normalized spacial score (nSPS) is 10.5. The molecule has 0 atom stereocenters. The molecule has 0 saturated carbocycles. The molecule has 17 heavy (non-hydrogen) atoms. The lowest BCUT2D eigenvalue weighted by atomic mass is 10.1. The zero-order valence-corrected chi connectivity index (χ0v) is 11.4. The number of nitrogens with one attached hydrogen (secondary N) is 1. The van der Waals surface area contributed by atoms with Crippen molar-refractivity contribution in [2.24, 2.45) is 0 Å². The molecule has 0 bridgehead atoms. The van der Waals surface area contributed by atoms with Crippen molar-refractivity contribution in [1.29, 1.82) is 0 Å². The molecule has 2 heterocycles. The van der Waals surface area contributed by atoms with Crippen molar-refractivity contribution in [3.8, 4) is 17.4 Å². The lowest BCUT2D eigenvalue weighted by Crippen LogP contribution is -2.13. The number of aromatic amines is 1. The first kappa shape index (κ1) is 12.0. The quantitative estimate of drug-likeness (QED) is 0.774. The Balaban J connectivity index is 2.65. The van der Waals surface area contributed by atoms with E-state index in [-0.39, 0.29) is 20.8 Å². The minimum Gasteiger partial charge on any atom is -0.492 e. The Morgan fingerprint density at radius 3 is 2.71 bits per heavy atom. The molecule has 0 radical (unpaired) electrons. The molecule has 0 aliphatic rings. The third kappa shape index (κ3) is 2.31. The summed E-state index contributed by atoms with van der Waals surface area (Å²) in [6, 6.07) is 1.94. The van der Waals surface area contributed by atoms with Crippen LogP contribution in [-0.2, 0) is 0 Å². The molecule has 6 heteroatoms. The van der Waals surface area contributed by atoms with Gasteiger partial charge in [-0.3, -0.25) is 9.78 Å². The van der Waals surface area contributed by atoms with Crippen LogP contribution >= 0.6 is 22.6 Å². The molecule has 0 amide bonds. The van der Waals surface area contributed by atoms with E-state index in [1.165, 1.54) is 0 Å². The summed E-state index contributed by atoms with van der Waals surface area (Å²) in [5.74, 6) is 0.0107. The van der Waals surface area contributed by atoms with Gasteiger partial charge in [0.25, 0.3) is 5.56 Å². The lowest BCUT2D eigenvalue weighted by molar-refractivity contribution is 0.447. The summed E-state index contributed by atoms with van der Waals surface area (Å²) in [6.45, 7) is 3.82. The summed E-state index contributed by atoms with van der Waals surface area (Å²) in [4.78, 5) is 22.3. The Hall–Kier alpha value is -1.44. The highest BCUT2D eigenvalue weighted by Gasteiger charge is 2.11. The standard InChI is InChI=1S/C11H10IN3O2/c1-5-3-6(2)8(13-4-5)9-14-10(16)7(12)11(17)15-9/h3-4H,1-2H3,(H2,14,15,16,17). The third-order valence-electron chi connectivity index (χ3n) is 2.28. The number of pyridine rings is 1. The highest BCUT2D eigenvalue weighted by atomic mass is 127. The number of rotatable bonds is 1. The molecule has 2 rings (SSSR count). The number of aryl methyl sites for hydroxylation is 2. The van der Waals surface area contributed by atoms with Crippen LogP contribution in [0.5, 0.6) is 5.88 Å². The number of aromatic nitrogens is 3. The lowest BCUT2D eigenvalue weighted by Gasteiger charge is -2.05. The van der Waals surface area contributed by atoms with Crippen molar-refractivity contribution < 1.29 is 5.11 Å². The maximum atomic E-state index is 11.5. The van der Waals surface area contributed by atoms with Gasteiger partial charge in [0.15, 0.2) is 5.82 Å². The van der Waals surface area contributed by atoms with Gasteiger partial charge < -0.3 is 10.1 Å². The number of hydrogen-bond acceptors (Lipinski definition) is 4. The fraction of sp³-hybridized carbons (Fsp3) is 0.182. The molecule has 2 aromatic heterocycles. The minimum absolute atomic E-state index is 0.177. The molecule has 0 aliphatic carbocycles. The Morgan fingerprint density at radius 1 is 1.41 bits per heavy atom. The topological polar surface area (TPSA) is 78.9 Å². The van der Waals surface area contributed by atoms with Crippen LogP contribution in [0.25, 0.3) is 11.5 Å². The molecular formula is C11H10IN3O2.